The van der Waals surface area contributed by atoms with E-state index in [-0.39, 0.29) is 10.6 Å². The van der Waals surface area contributed by atoms with E-state index in [1.165, 1.54) is 18.2 Å². The Hall–Kier alpha value is -1.38. The lowest BCUT2D eigenvalue weighted by Crippen LogP contribution is -2.35. The molecule has 0 bridgehead atoms. The van der Waals surface area contributed by atoms with E-state index in [4.69, 9.17) is 5.73 Å². The normalized spacial score (nSPS) is 21.6. The number of hydrogen-bond acceptors (Lipinski definition) is 5. The molecule has 0 amide bonds. The molecule has 0 aliphatic carbocycles. The van der Waals surface area contributed by atoms with Gasteiger partial charge in [-0.1, -0.05) is 6.08 Å². The highest BCUT2D eigenvalue weighted by molar-refractivity contribution is 7.94. The maximum atomic E-state index is 12.2. The van der Waals surface area contributed by atoms with E-state index >= 15 is 0 Å². The number of hydrogen-bond donors (Lipinski definition) is 2. The second-order valence-corrected chi connectivity index (χ2v) is 8.02. The summed E-state index contributed by atoms with van der Waals surface area (Å²) in [5, 5.41) is 1.02. The molecule has 1 aliphatic rings. The smallest absolute Gasteiger partial charge is 0.241 e. The summed E-state index contributed by atoms with van der Waals surface area (Å²) in [6.07, 6.45) is 1.33. The molecule has 1 aliphatic heterocycles. The van der Waals surface area contributed by atoms with Gasteiger partial charge in [-0.05, 0) is 30.7 Å². The predicted molar refractivity (Wildman–Crippen MR) is 72.6 cm³/mol. The lowest BCUT2D eigenvalue weighted by Gasteiger charge is -2.13. The van der Waals surface area contributed by atoms with Gasteiger partial charge in [-0.2, -0.15) is 0 Å². The van der Waals surface area contributed by atoms with Crippen LogP contribution >= 0.6 is 0 Å². The fourth-order valence-corrected chi connectivity index (χ4v) is 4.64. The number of aryl methyl sites for hydroxylation is 1. The van der Waals surface area contributed by atoms with Crippen molar-refractivity contribution in [3.05, 3.63) is 35.2 Å². The van der Waals surface area contributed by atoms with Gasteiger partial charge in [-0.25, -0.2) is 21.6 Å². The summed E-state index contributed by atoms with van der Waals surface area (Å²) in [6, 6.07) is 3.71. The fourth-order valence-electron chi connectivity index (χ4n) is 1.89. The highest BCUT2D eigenvalue weighted by Crippen LogP contribution is 2.19. The topological polar surface area (TPSA) is 106 Å². The largest absolute Gasteiger partial charge is 0.399 e. The lowest BCUT2D eigenvalue weighted by molar-refractivity contribution is 0.574. The van der Waals surface area contributed by atoms with E-state index in [0.29, 0.717) is 11.3 Å². The van der Waals surface area contributed by atoms with Crippen molar-refractivity contribution in [3.8, 4) is 0 Å². The molecule has 104 valence electrons. The molecule has 0 saturated carbocycles. The Balaban J connectivity index is 2.27. The number of sulfonamides is 1. The molecule has 1 aromatic rings. The molecule has 2 rings (SSSR count). The Morgan fingerprint density at radius 3 is 2.58 bits per heavy atom. The zero-order chi connectivity index (χ0) is 14.3. The third kappa shape index (κ3) is 3.14. The summed E-state index contributed by atoms with van der Waals surface area (Å²) in [5.74, 6) is -0.250. The lowest BCUT2D eigenvalue weighted by atomic mass is 10.2. The zero-order valence-electron chi connectivity index (χ0n) is 10.2. The standard InChI is InChI=1S/C11H14N2O4S2/c1-8-6-9(12)2-3-11(8)19(16,17)13-10-4-5-18(14,15)7-10/h2-6,10,13H,7,12H2,1H3. The van der Waals surface area contributed by atoms with Crippen molar-refractivity contribution in [2.75, 3.05) is 11.5 Å². The van der Waals surface area contributed by atoms with E-state index in [9.17, 15) is 16.8 Å². The van der Waals surface area contributed by atoms with Gasteiger partial charge >= 0.3 is 0 Å². The molecule has 8 heteroatoms. The molecule has 0 fully saturated rings. The van der Waals surface area contributed by atoms with Crippen LogP contribution in [0.5, 0.6) is 0 Å². The van der Waals surface area contributed by atoms with Crippen LogP contribution in [0.1, 0.15) is 5.56 Å². The summed E-state index contributed by atoms with van der Waals surface area (Å²) in [6.45, 7) is 1.63. The number of nitrogens with one attached hydrogen (secondary N) is 1. The molecule has 0 radical (unpaired) electrons. The molecule has 1 unspecified atom stereocenters. The minimum Gasteiger partial charge on any atom is -0.399 e. The first kappa shape index (κ1) is 14.0. The molecule has 1 aromatic carbocycles. The minimum atomic E-state index is -3.76. The molecule has 0 aromatic heterocycles. The quantitative estimate of drug-likeness (QED) is 0.774. The van der Waals surface area contributed by atoms with Gasteiger partial charge in [0.25, 0.3) is 0 Å². The average molecular weight is 302 g/mol. The summed E-state index contributed by atoms with van der Waals surface area (Å²) in [7, 11) is -7.06. The van der Waals surface area contributed by atoms with Gasteiger partial charge in [-0.15, -0.1) is 0 Å². The molecule has 1 heterocycles. The Kier molecular flexibility index (Phi) is 3.41. The number of nitrogen functional groups attached to an aromatic ring is 1. The van der Waals surface area contributed by atoms with E-state index in [2.05, 4.69) is 4.72 Å². The first-order valence-corrected chi connectivity index (χ1v) is 8.69. The van der Waals surface area contributed by atoms with Crippen LogP contribution in [0.4, 0.5) is 5.69 Å². The molecule has 3 N–H and O–H groups in total. The van der Waals surface area contributed by atoms with Gasteiger partial charge < -0.3 is 5.73 Å². The van der Waals surface area contributed by atoms with Crippen LogP contribution in [0.2, 0.25) is 0 Å². The van der Waals surface area contributed by atoms with Gasteiger partial charge in [0.1, 0.15) is 0 Å². The van der Waals surface area contributed by atoms with Crippen LogP contribution in [0.25, 0.3) is 0 Å². The van der Waals surface area contributed by atoms with Crippen molar-refractivity contribution in [1.29, 1.82) is 0 Å². The summed E-state index contributed by atoms with van der Waals surface area (Å²) in [4.78, 5) is 0.0967. The zero-order valence-corrected chi connectivity index (χ0v) is 11.8. The minimum absolute atomic E-state index is 0.0967. The van der Waals surface area contributed by atoms with E-state index < -0.39 is 25.9 Å². The van der Waals surface area contributed by atoms with Crippen LogP contribution in [-0.4, -0.2) is 28.6 Å². The Bertz CT molecular complexity index is 736. The van der Waals surface area contributed by atoms with Crippen LogP contribution in [0, 0.1) is 6.92 Å². The molecule has 0 spiro atoms. The first-order valence-electron chi connectivity index (χ1n) is 5.49. The second-order valence-electron chi connectivity index (χ2n) is 4.41. The summed E-state index contributed by atoms with van der Waals surface area (Å²) >= 11 is 0. The highest BCUT2D eigenvalue weighted by Gasteiger charge is 2.27. The number of nitrogens with two attached hydrogens (primary N) is 1. The monoisotopic (exact) mass is 302 g/mol. The molecule has 1 atom stereocenters. The maximum absolute atomic E-state index is 12.2. The van der Waals surface area contributed by atoms with Gasteiger partial charge in [0.2, 0.25) is 10.0 Å². The number of sulfone groups is 1. The van der Waals surface area contributed by atoms with Crippen LogP contribution in [0.3, 0.4) is 0 Å². The SMILES string of the molecule is Cc1cc(N)ccc1S(=O)(=O)NC1C=CS(=O)(=O)C1. The Morgan fingerprint density at radius 1 is 1.37 bits per heavy atom. The third-order valence-electron chi connectivity index (χ3n) is 2.73. The number of rotatable bonds is 3. The second kappa shape index (κ2) is 4.62. The molecular formula is C11H14N2O4S2. The van der Waals surface area contributed by atoms with Gasteiger partial charge in [0, 0.05) is 11.1 Å². The number of benzene rings is 1. The van der Waals surface area contributed by atoms with E-state index in [1.54, 1.807) is 13.0 Å². The molecule has 0 saturated heterocycles. The third-order valence-corrected chi connectivity index (χ3v) is 5.77. The van der Waals surface area contributed by atoms with E-state index in [1.807, 2.05) is 0 Å². The Labute approximate surface area is 112 Å². The van der Waals surface area contributed by atoms with Crippen molar-refractivity contribution < 1.29 is 16.8 Å². The first-order chi connectivity index (χ1) is 8.70. The van der Waals surface area contributed by atoms with Gasteiger partial charge in [-0.3, -0.25) is 0 Å². The van der Waals surface area contributed by atoms with Crippen LogP contribution in [-0.2, 0) is 19.9 Å². The van der Waals surface area contributed by atoms with E-state index in [0.717, 1.165) is 5.41 Å². The van der Waals surface area contributed by atoms with Crippen LogP contribution in [0.15, 0.2) is 34.6 Å². The van der Waals surface area contributed by atoms with Crippen LogP contribution < -0.4 is 10.5 Å². The van der Waals surface area contributed by atoms with Crippen molar-refractivity contribution in [2.24, 2.45) is 0 Å². The average Bonchev–Trinajstić information content (AvgIpc) is 2.56. The summed E-state index contributed by atoms with van der Waals surface area (Å²) in [5.41, 5.74) is 6.55. The maximum Gasteiger partial charge on any atom is 0.241 e. The highest BCUT2D eigenvalue weighted by atomic mass is 32.2. The molecule has 19 heavy (non-hydrogen) atoms. The van der Waals surface area contributed by atoms with Crippen molar-refractivity contribution in [1.82, 2.24) is 4.72 Å². The van der Waals surface area contributed by atoms with Gasteiger partial charge in [0.05, 0.1) is 16.7 Å². The van der Waals surface area contributed by atoms with Crippen molar-refractivity contribution in [3.63, 3.8) is 0 Å². The van der Waals surface area contributed by atoms with Gasteiger partial charge in [0.15, 0.2) is 9.84 Å². The fraction of sp³-hybridized carbons (Fsp3) is 0.273. The Morgan fingerprint density at radius 2 is 2.05 bits per heavy atom. The summed E-state index contributed by atoms with van der Waals surface area (Å²) < 4.78 is 49.1. The molecule has 6 nitrogen and oxygen atoms in total. The van der Waals surface area contributed by atoms with Crippen molar-refractivity contribution >= 4 is 25.5 Å². The van der Waals surface area contributed by atoms with Crippen molar-refractivity contribution in [2.45, 2.75) is 17.9 Å². The predicted octanol–water partition coefficient (Wildman–Crippen LogP) is 0.166. The number of anilines is 1. The molecular weight excluding hydrogens is 288 g/mol.